The van der Waals surface area contributed by atoms with Crippen LogP contribution in [0.2, 0.25) is 0 Å². The normalized spacial score (nSPS) is 13.4. The predicted octanol–water partition coefficient (Wildman–Crippen LogP) is 2.29. The van der Waals surface area contributed by atoms with Crippen molar-refractivity contribution in [2.24, 2.45) is 0 Å². The van der Waals surface area contributed by atoms with Gasteiger partial charge in [0.25, 0.3) is 0 Å². The van der Waals surface area contributed by atoms with Crippen LogP contribution in [0, 0.1) is 0 Å². The van der Waals surface area contributed by atoms with Crippen molar-refractivity contribution < 1.29 is 9.53 Å². The first-order valence-corrected chi connectivity index (χ1v) is 4.04. The smallest absolute Gasteiger partial charge is 0.303 e. The molecule has 0 amide bonds. The zero-order valence-electron chi connectivity index (χ0n) is 7.46. The number of esters is 1. The van der Waals surface area contributed by atoms with Crippen LogP contribution in [-0.4, -0.2) is 12.1 Å². The number of hydrogen-bond acceptors (Lipinski definition) is 2. The Labute approximate surface area is 68.2 Å². The zero-order valence-corrected chi connectivity index (χ0v) is 7.46. The fourth-order valence-corrected chi connectivity index (χ4v) is 0.760. The lowest BCUT2D eigenvalue weighted by atomic mass is 10.2. The maximum atomic E-state index is 10.5. The third-order valence-electron chi connectivity index (χ3n) is 1.31. The number of rotatable bonds is 4. The number of allylic oxidation sites excluding steroid dienone is 1. The van der Waals surface area contributed by atoms with Gasteiger partial charge in [0.05, 0.1) is 0 Å². The lowest BCUT2D eigenvalue weighted by molar-refractivity contribution is -0.144. The van der Waals surface area contributed by atoms with Crippen molar-refractivity contribution in [1.82, 2.24) is 0 Å². The van der Waals surface area contributed by atoms with Crippen molar-refractivity contribution in [3.8, 4) is 0 Å². The molecule has 0 heterocycles. The van der Waals surface area contributed by atoms with Gasteiger partial charge in [0.2, 0.25) is 0 Å². The van der Waals surface area contributed by atoms with E-state index in [1.807, 2.05) is 19.1 Å². The molecular formula is C9H16O2. The molecule has 0 bridgehead atoms. The Morgan fingerprint density at radius 1 is 1.55 bits per heavy atom. The van der Waals surface area contributed by atoms with E-state index in [4.69, 9.17) is 4.74 Å². The van der Waals surface area contributed by atoms with Gasteiger partial charge in [-0.1, -0.05) is 19.9 Å². The van der Waals surface area contributed by atoms with Crippen LogP contribution >= 0.6 is 0 Å². The molecule has 0 aromatic heterocycles. The minimum atomic E-state index is -0.211. The monoisotopic (exact) mass is 156 g/mol. The second kappa shape index (κ2) is 5.96. The van der Waals surface area contributed by atoms with E-state index in [0.717, 1.165) is 12.8 Å². The van der Waals surface area contributed by atoms with Crippen LogP contribution in [0.3, 0.4) is 0 Å². The van der Waals surface area contributed by atoms with Gasteiger partial charge in [-0.05, 0) is 18.9 Å². The third-order valence-corrected chi connectivity index (χ3v) is 1.31. The first-order chi connectivity index (χ1) is 5.20. The summed E-state index contributed by atoms with van der Waals surface area (Å²) in [5.41, 5.74) is 0. The van der Waals surface area contributed by atoms with Crippen LogP contribution in [0.15, 0.2) is 12.2 Å². The molecule has 0 spiro atoms. The highest BCUT2D eigenvalue weighted by molar-refractivity contribution is 5.66. The van der Waals surface area contributed by atoms with E-state index in [9.17, 15) is 4.79 Å². The fraction of sp³-hybridized carbons (Fsp3) is 0.667. The molecule has 64 valence electrons. The summed E-state index contributed by atoms with van der Waals surface area (Å²) < 4.78 is 4.98. The number of carbonyl (C=O) groups excluding carboxylic acids is 1. The lowest BCUT2D eigenvalue weighted by Crippen LogP contribution is -2.11. The van der Waals surface area contributed by atoms with E-state index < -0.39 is 0 Å². The van der Waals surface area contributed by atoms with Crippen molar-refractivity contribution in [2.45, 2.75) is 39.7 Å². The molecule has 1 unspecified atom stereocenters. The van der Waals surface area contributed by atoms with E-state index >= 15 is 0 Å². The lowest BCUT2D eigenvalue weighted by Gasteiger charge is -2.09. The molecule has 0 aliphatic carbocycles. The Bertz CT molecular complexity index is 138. The summed E-state index contributed by atoms with van der Waals surface area (Å²) in [7, 11) is 0. The topological polar surface area (TPSA) is 26.3 Å². The number of carbonyl (C=O) groups is 1. The number of ether oxygens (including phenoxy) is 1. The van der Waals surface area contributed by atoms with Crippen molar-refractivity contribution in [3.63, 3.8) is 0 Å². The summed E-state index contributed by atoms with van der Waals surface area (Å²) >= 11 is 0. The van der Waals surface area contributed by atoms with Gasteiger partial charge >= 0.3 is 5.97 Å². The maximum Gasteiger partial charge on any atom is 0.303 e. The van der Waals surface area contributed by atoms with Gasteiger partial charge in [-0.3, -0.25) is 4.79 Å². The summed E-state index contributed by atoms with van der Waals surface area (Å²) in [5.74, 6) is -0.211. The van der Waals surface area contributed by atoms with Crippen LogP contribution in [-0.2, 0) is 9.53 Å². The standard InChI is InChI=1S/C9H16O2/c1-4-6-7-9(5-2)11-8(3)10/h6-7,9H,4-5H2,1-3H3. The molecule has 2 nitrogen and oxygen atoms in total. The third kappa shape index (κ3) is 5.64. The SMILES string of the molecule is CCC=CC(CC)OC(C)=O. The van der Waals surface area contributed by atoms with Gasteiger partial charge in [-0.15, -0.1) is 0 Å². The molecule has 0 fully saturated rings. The van der Waals surface area contributed by atoms with Crippen molar-refractivity contribution in [3.05, 3.63) is 12.2 Å². The molecule has 0 aliphatic rings. The second-order valence-electron chi connectivity index (χ2n) is 2.39. The van der Waals surface area contributed by atoms with E-state index in [1.54, 1.807) is 0 Å². The first-order valence-electron chi connectivity index (χ1n) is 4.04. The Kier molecular flexibility index (Phi) is 5.53. The van der Waals surface area contributed by atoms with Crippen molar-refractivity contribution >= 4 is 5.97 Å². The summed E-state index contributed by atoms with van der Waals surface area (Å²) in [5, 5.41) is 0. The summed E-state index contributed by atoms with van der Waals surface area (Å²) in [6, 6.07) is 0. The Morgan fingerprint density at radius 3 is 2.55 bits per heavy atom. The predicted molar refractivity (Wildman–Crippen MR) is 45.3 cm³/mol. The molecule has 0 saturated carbocycles. The second-order valence-corrected chi connectivity index (χ2v) is 2.39. The van der Waals surface area contributed by atoms with Crippen molar-refractivity contribution in [2.75, 3.05) is 0 Å². The average Bonchev–Trinajstić information content (AvgIpc) is 1.97. The van der Waals surface area contributed by atoms with Gasteiger partial charge in [-0.2, -0.15) is 0 Å². The Balaban J connectivity index is 3.75. The van der Waals surface area contributed by atoms with Crippen LogP contribution in [0.5, 0.6) is 0 Å². The van der Waals surface area contributed by atoms with E-state index in [2.05, 4.69) is 6.92 Å². The Hall–Kier alpha value is -0.790. The molecule has 0 rings (SSSR count). The largest absolute Gasteiger partial charge is 0.458 e. The van der Waals surface area contributed by atoms with E-state index in [1.165, 1.54) is 6.92 Å². The minimum Gasteiger partial charge on any atom is -0.458 e. The summed E-state index contributed by atoms with van der Waals surface area (Å²) in [6.07, 6.45) is 5.74. The molecular weight excluding hydrogens is 140 g/mol. The van der Waals surface area contributed by atoms with Gasteiger partial charge in [-0.25, -0.2) is 0 Å². The maximum absolute atomic E-state index is 10.5. The van der Waals surface area contributed by atoms with Crippen LogP contribution in [0.25, 0.3) is 0 Å². The average molecular weight is 156 g/mol. The highest BCUT2D eigenvalue weighted by atomic mass is 16.5. The molecule has 0 saturated heterocycles. The quantitative estimate of drug-likeness (QED) is 0.461. The molecule has 1 atom stereocenters. The number of hydrogen-bond donors (Lipinski definition) is 0. The molecule has 0 aromatic rings. The molecule has 0 aliphatic heterocycles. The first kappa shape index (κ1) is 10.2. The van der Waals surface area contributed by atoms with Gasteiger partial charge in [0, 0.05) is 6.92 Å². The van der Waals surface area contributed by atoms with Crippen LogP contribution in [0.1, 0.15) is 33.6 Å². The molecule has 2 heteroatoms. The fourth-order valence-electron chi connectivity index (χ4n) is 0.760. The molecule has 0 radical (unpaired) electrons. The minimum absolute atomic E-state index is 0.0348. The zero-order chi connectivity index (χ0) is 8.69. The van der Waals surface area contributed by atoms with Gasteiger partial charge < -0.3 is 4.74 Å². The Morgan fingerprint density at radius 2 is 2.18 bits per heavy atom. The van der Waals surface area contributed by atoms with Crippen molar-refractivity contribution in [1.29, 1.82) is 0 Å². The highest BCUT2D eigenvalue weighted by Gasteiger charge is 2.03. The molecule has 0 N–H and O–H groups in total. The highest BCUT2D eigenvalue weighted by Crippen LogP contribution is 2.00. The van der Waals surface area contributed by atoms with Crippen LogP contribution in [0.4, 0.5) is 0 Å². The van der Waals surface area contributed by atoms with Gasteiger partial charge in [0.15, 0.2) is 0 Å². The van der Waals surface area contributed by atoms with E-state index in [0.29, 0.717) is 0 Å². The van der Waals surface area contributed by atoms with Crippen LogP contribution < -0.4 is 0 Å². The summed E-state index contributed by atoms with van der Waals surface area (Å²) in [4.78, 5) is 10.5. The van der Waals surface area contributed by atoms with Gasteiger partial charge in [0.1, 0.15) is 6.10 Å². The van der Waals surface area contributed by atoms with E-state index in [-0.39, 0.29) is 12.1 Å². The molecule has 11 heavy (non-hydrogen) atoms. The molecule has 0 aromatic carbocycles. The summed E-state index contributed by atoms with van der Waals surface area (Å²) in [6.45, 7) is 5.48.